The van der Waals surface area contributed by atoms with Crippen molar-refractivity contribution in [2.24, 2.45) is 0 Å². The molecule has 31 heavy (non-hydrogen) atoms. The van der Waals surface area contributed by atoms with Crippen LogP contribution in [0.25, 0.3) is 5.76 Å². The maximum Gasteiger partial charge on any atom is 0.300 e. The molecule has 0 saturated carbocycles. The van der Waals surface area contributed by atoms with Crippen LogP contribution < -0.4 is 9.64 Å². The number of carbonyl (C=O) groups excluding carboxylic acids is 2. The van der Waals surface area contributed by atoms with Crippen LogP contribution in [-0.4, -0.2) is 23.9 Å². The minimum Gasteiger partial charge on any atom is -0.507 e. The molecule has 1 aliphatic heterocycles. The van der Waals surface area contributed by atoms with E-state index in [2.05, 4.69) is 0 Å². The number of ether oxygens (including phenoxy) is 1. The van der Waals surface area contributed by atoms with Gasteiger partial charge < -0.3 is 14.3 Å². The number of amides is 1. The van der Waals surface area contributed by atoms with Crippen LogP contribution in [0.15, 0.2) is 64.8 Å². The Morgan fingerprint density at radius 1 is 1.13 bits per heavy atom. The summed E-state index contributed by atoms with van der Waals surface area (Å²) in [5, 5.41) is 11.1. The number of rotatable bonds is 4. The number of benzene rings is 2. The number of nitrogens with zero attached hydrogens (tertiary/aromatic N) is 1. The van der Waals surface area contributed by atoms with Gasteiger partial charge in [-0.05, 0) is 42.5 Å². The third kappa shape index (κ3) is 3.44. The molecule has 2 aromatic carbocycles. The van der Waals surface area contributed by atoms with Gasteiger partial charge in [0.25, 0.3) is 11.7 Å². The summed E-state index contributed by atoms with van der Waals surface area (Å²) in [4.78, 5) is 26.7. The standard InChI is InChI=1S/C22H14ClF2NO5/c1-30-12-5-6-14(23)13(10-12)20(27)18-19(17-3-2-8-31-17)26(22(29)21(18)28)11-4-7-15(24)16(25)9-11/h2-10,19,27H,1H3/b20-18-. The molecule has 2 heterocycles. The highest BCUT2D eigenvalue weighted by molar-refractivity contribution is 6.51. The number of Topliss-reactive ketones (excluding diaryl/α,β-unsaturated/α-hetero) is 1. The van der Waals surface area contributed by atoms with Crippen LogP contribution in [-0.2, 0) is 9.59 Å². The number of aliphatic hydroxyl groups is 1. The van der Waals surface area contributed by atoms with Gasteiger partial charge in [-0.2, -0.15) is 0 Å². The molecule has 4 rings (SSSR count). The number of methoxy groups -OCH3 is 1. The summed E-state index contributed by atoms with van der Waals surface area (Å²) in [6.45, 7) is 0. The van der Waals surface area contributed by atoms with E-state index in [9.17, 15) is 23.5 Å². The Hall–Kier alpha value is -3.65. The van der Waals surface area contributed by atoms with Crippen molar-refractivity contribution in [1.29, 1.82) is 0 Å². The molecular formula is C22H14ClF2NO5. The molecule has 0 bridgehead atoms. The van der Waals surface area contributed by atoms with Crippen molar-refractivity contribution in [2.75, 3.05) is 12.0 Å². The van der Waals surface area contributed by atoms with Gasteiger partial charge in [0.05, 0.1) is 24.0 Å². The first-order valence-electron chi connectivity index (χ1n) is 8.97. The van der Waals surface area contributed by atoms with E-state index in [0.29, 0.717) is 5.75 Å². The van der Waals surface area contributed by atoms with Crippen molar-refractivity contribution in [3.05, 3.63) is 88.3 Å². The number of halogens is 3. The van der Waals surface area contributed by atoms with Gasteiger partial charge >= 0.3 is 0 Å². The lowest BCUT2D eigenvalue weighted by Gasteiger charge is -2.23. The zero-order valence-corrected chi connectivity index (χ0v) is 16.7. The number of hydrogen-bond acceptors (Lipinski definition) is 5. The highest BCUT2D eigenvalue weighted by Gasteiger charge is 2.48. The second-order valence-corrected chi connectivity index (χ2v) is 7.04. The zero-order chi connectivity index (χ0) is 22.3. The van der Waals surface area contributed by atoms with Crippen LogP contribution in [0.4, 0.5) is 14.5 Å². The molecule has 0 radical (unpaired) electrons. The highest BCUT2D eigenvalue weighted by Crippen LogP contribution is 2.43. The Kier molecular flexibility index (Phi) is 5.24. The van der Waals surface area contributed by atoms with E-state index >= 15 is 0 Å². The van der Waals surface area contributed by atoms with Crippen LogP contribution >= 0.6 is 11.6 Å². The van der Waals surface area contributed by atoms with Crippen LogP contribution in [0.5, 0.6) is 5.75 Å². The molecule has 3 aromatic rings. The molecule has 1 N–H and O–H groups in total. The van der Waals surface area contributed by atoms with Crippen LogP contribution in [0.3, 0.4) is 0 Å². The van der Waals surface area contributed by atoms with Gasteiger partial charge in [0, 0.05) is 17.3 Å². The topological polar surface area (TPSA) is 80.0 Å². The van der Waals surface area contributed by atoms with E-state index in [1.54, 1.807) is 6.07 Å². The molecule has 1 aromatic heterocycles. The van der Waals surface area contributed by atoms with Crippen LogP contribution in [0.1, 0.15) is 17.4 Å². The summed E-state index contributed by atoms with van der Waals surface area (Å²) in [7, 11) is 1.41. The first-order valence-corrected chi connectivity index (χ1v) is 9.34. The number of anilines is 1. The largest absolute Gasteiger partial charge is 0.507 e. The van der Waals surface area contributed by atoms with Crippen molar-refractivity contribution in [3.63, 3.8) is 0 Å². The van der Waals surface area contributed by atoms with Gasteiger partial charge in [-0.1, -0.05) is 11.6 Å². The van der Waals surface area contributed by atoms with Gasteiger partial charge in [0.2, 0.25) is 0 Å². The molecule has 1 atom stereocenters. The lowest BCUT2D eigenvalue weighted by molar-refractivity contribution is -0.132. The average molecular weight is 446 g/mol. The summed E-state index contributed by atoms with van der Waals surface area (Å²) in [5.41, 5.74) is -0.348. The number of carbonyl (C=O) groups is 2. The van der Waals surface area contributed by atoms with Crippen LogP contribution in [0.2, 0.25) is 5.02 Å². The number of furan rings is 1. The zero-order valence-electron chi connectivity index (χ0n) is 15.9. The maximum atomic E-state index is 13.9. The fourth-order valence-corrected chi connectivity index (χ4v) is 3.61. The third-order valence-corrected chi connectivity index (χ3v) is 5.20. The second kappa shape index (κ2) is 7.88. The van der Waals surface area contributed by atoms with Crippen molar-refractivity contribution in [1.82, 2.24) is 0 Å². The van der Waals surface area contributed by atoms with Gasteiger partial charge in [0.15, 0.2) is 11.6 Å². The van der Waals surface area contributed by atoms with E-state index < -0.39 is 35.1 Å². The quantitative estimate of drug-likeness (QED) is 0.353. The SMILES string of the molecule is COc1ccc(Cl)c(/C(O)=C2/C(=O)C(=O)N(c3ccc(F)c(F)c3)C2c2ccco2)c1. The normalized spacial score (nSPS) is 17.9. The summed E-state index contributed by atoms with van der Waals surface area (Å²) < 4.78 is 37.8. The molecular weight excluding hydrogens is 432 g/mol. The average Bonchev–Trinajstić information content (AvgIpc) is 3.37. The Morgan fingerprint density at radius 2 is 1.90 bits per heavy atom. The summed E-state index contributed by atoms with van der Waals surface area (Å²) >= 11 is 6.20. The molecule has 1 amide bonds. The smallest absolute Gasteiger partial charge is 0.300 e. The first kappa shape index (κ1) is 20.6. The van der Waals surface area contributed by atoms with Crippen molar-refractivity contribution >= 4 is 34.7 Å². The predicted octanol–water partition coefficient (Wildman–Crippen LogP) is 4.85. The van der Waals surface area contributed by atoms with E-state index in [1.165, 1.54) is 37.6 Å². The maximum absolute atomic E-state index is 13.9. The fourth-order valence-electron chi connectivity index (χ4n) is 3.41. The molecule has 0 spiro atoms. The van der Waals surface area contributed by atoms with Gasteiger partial charge in [-0.15, -0.1) is 0 Å². The molecule has 1 fully saturated rings. The molecule has 0 aliphatic carbocycles. The van der Waals surface area contributed by atoms with Gasteiger partial charge in [0.1, 0.15) is 23.3 Å². The Morgan fingerprint density at radius 3 is 2.55 bits per heavy atom. The van der Waals surface area contributed by atoms with E-state index in [-0.39, 0.29) is 27.6 Å². The molecule has 9 heteroatoms. The third-order valence-electron chi connectivity index (χ3n) is 4.87. The van der Waals surface area contributed by atoms with Crippen LogP contribution in [0, 0.1) is 11.6 Å². The number of aliphatic hydroxyl groups excluding tert-OH is 1. The Bertz CT molecular complexity index is 1220. The molecule has 1 saturated heterocycles. The Balaban J connectivity index is 1.95. The molecule has 1 aliphatic rings. The minimum atomic E-state index is -1.23. The lowest BCUT2D eigenvalue weighted by Crippen LogP contribution is -2.29. The van der Waals surface area contributed by atoms with Crippen molar-refractivity contribution < 1.29 is 32.6 Å². The predicted molar refractivity (Wildman–Crippen MR) is 108 cm³/mol. The highest BCUT2D eigenvalue weighted by atomic mass is 35.5. The molecule has 158 valence electrons. The molecule has 6 nitrogen and oxygen atoms in total. The monoisotopic (exact) mass is 445 g/mol. The molecule has 1 unspecified atom stereocenters. The summed E-state index contributed by atoms with van der Waals surface area (Å²) in [6, 6.07) is 8.98. The van der Waals surface area contributed by atoms with E-state index in [0.717, 1.165) is 23.1 Å². The van der Waals surface area contributed by atoms with Gasteiger partial charge in [-0.3, -0.25) is 14.5 Å². The fraction of sp³-hybridized carbons (Fsp3) is 0.0909. The second-order valence-electron chi connectivity index (χ2n) is 6.63. The van der Waals surface area contributed by atoms with Gasteiger partial charge in [-0.25, -0.2) is 8.78 Å². The van der Waals surface area contributed by atoms with Crippen molar-refractivity contribution in [3.8, 4) is 5.75 Å². The number of ketones is 1. The number of hydrogen-bond donors (Lipinski definition) is 1. The Labute approximate surface area is 179 Å². The first-order chi connectivity index (χ1) is 14.8. The summed E-state index contributed by atoms with van der Waals surface area (Å²) in [5.74, 6) is -4.48. The van der Waals surface area contributed by atoms with E-state index in [1.807, 2.05) is 0 Å². The van der Waals surface area contributed by atoms with Crippen molar-refractivity contribution in [2.45, 2.75) is 6.04 Å². The lowest BCUT2D eigenvalue weighted by atomic mass is 9.99. The van der Waals surface area contributed by atoms with E-state index in [4.69, 9.17) is 20.8 Å². The minimum absolute atomic E-state index is 0.0564. The summed E-state index contributed by atoms with van der Waals surface area (Å²) in [6.07, 6.45) is 1.32.